The first-order valence-corrected chi connectivity index (χ1v) is 8.80. The summed E-state index contributed by atoms with van der Waals surface area (Å²) < 4.78 is 35.9. The van der Waals surface area contributed by atoms with Crippen LogP contribution in [-0.4, -0.2) is 53.7 Å². The minimum Gasteiger partial charge on any atom is -0.455 e. The minimum absolute atomic E-state index is 0.00473. The van der Waals surface area contributed by atoms with Gasteiger partial charge in [-0.25, -0.2) is 8.42 Å². The number of esters is 1. The van der Waals surface area contributed by atoms with Crippen LogP contribution in [-0.2, 0) is 29.1 Å². The van der Waals surface area contributed by atoms with Gasteiger partial charge in [0, 0.05) is 18.1 Å². The van der Waals surface area contributed by atoms with Crippen molar-refractivity contribution in [2.45, 2.75) is 4.90 Å². The van der Waals surface area contributed by atoms with Crippen LogP contribution in [0.3, 0.4) is 0 Å². The quantitative estimate of drug-likeness (QED) is 0.440. The lowest BCUT2D eigenvalue weighted by atomic mass is 10.4. The van der Waals surface area contributed by atoms with E-state index in [2.05, 4.69) is 30.7 Å². The Kier molecular flexibility index (Phi) is 8.17. The SMILES string of the molecule is COCCNC(=O)COC(=O)CNS(=O)(=O)c1ccccc1Br. The molecule has 2 N–H and O–H groups in total. The molecule has 10 heteroatoms. The van der Waals surface area contributed by atoms with E-state index in [-0.39, 0.29) is 4.90 Å². The van der Waals surface area contributed by atoms with E-state index in [9.17, 15) is 18.0 Å². The monoisotopic (exact) mass is 408 g/mol. The average Bonchev–Trinajstić information content (AvgIpc) is 2.51. The summed E-state index contributed by atoms with van der Waals surface area (Å²) in [5.41, 5.74) is 0. The summed E-state index contributed by atoms with van der Waals surface area (Å²) in [7, 11) is -2.37. The summed E-state index contributed by atoms with van der Waals surface area (Å²) in [6.07, 6.45) is 0. The minimum atomic E-state index is -3.86. The van der Waals surface area contributed by atoms with Gasteiger partial charge in [-0.1, -0.05) is 12.1 Å². The summed E-state index contributed by atoms with van der Waals surface area (Å²) >= 11 is 3.12. The van der Waals surface area contributed by atoms with E-state index in [0.717, 1.165) is 0 Å². The number of hydrogen-bond donors (Lipinski definition) is 2. The first kappa shape index (κ1) is 19.6. The normalized spacial score (nSPS) is 11.0. The molecule has 0 bridgehead atoms. The number of methoxy groups -OCH3 is 1. The molecule has 1 rings (SSSR count). The molecule has 0 unspecified atom stereocenters. The van der Waals surface area contributed by atoms with Crippen LogP contribution in [0, 0.1) is 0 Å². The van der Waals surface area contributed by atoms with Crippen LogP contribution in [0.5, 0.6) is 0 Å². The number of amides is 1. The Balaban J connectivity index is 2.41. The van der Waals surface area contributed by atoms with Crippen LogP contribution in [0.25, 0.3) is 0 Å². The molecule has 0 saturated carbocycles. The molecule has 0 atom stereocenters. The van der Waals surface area contributed by atoms with Crippen LogP contribution in [0.4, 0.5) is 0 Å². The van der Waals surface area contributed by atoms with Gasteiger partial charge in [-0.05, 0) is 28.1 Å². The van der Waals surface area contributed by atoms with E-state index in [1.807, 2.05) is 0 Å². The Labute approximate surface area is 142 Å². The van der Waals surface area contributed by atoms with Crippen LogP contribution in [0.1, 0.15) is 0 Å². The standard InChI is InChI=1S/C13H17BrN2O6S/c1-21-7-6-15-12(17)9-22-13(18)8-16-23(19,20)11-5-3-2-4-10(11)14/h2-5,16H,6-9H2,1H3,(H,15,17). The molecule has 8 nitrogen and oxygen atoms in total. The van der Waals surface area contributed by atoms with E-state index in [1.54, 1.807) is 18.2 Å². The highest BCUT2D eigenvalue weighted by Crippen LogP contribution is 2.20. The topological polar surface area (TPSA) is 111 Å². The molecule has 0 aliphatic carbocycles. The van der Waals surface area contributed by atoms with Crippen LogP contribution in [0.15, 0.2) is 33.6 Å². The zero-order valence-electron chi connectivity index (χ0n) is 12.4. The van der Waals surface area contributed by atoms with Gasteiger partial charge in [-0.2, -0.15) is 4.72 Å². The molecular weight excluding hydrogens is 392 g/mol. The lowest BCUT2D eigenvalue weighted by Crippen LogP contribution is -2.35. The Morgan fingerprint density at radius 1 is 1.26 bits per heavy atom. The van der Waals surface area contributed by atoms with Crippen molar-refractivity contribution in [2.75, 3.05) is 33.4 Å². The molecule has 0 aromatic heterocycles. The molecule has 0 heterocycles. The fourth-order valence-electron chi connectivity index (χ4n) is 1.43. The third-order valence-corrected chi connectivity index (χ3v) is 4.94. The van der Waals surface area contributed by atoms with Crippen molar-refractivity contribution >= 4 is 37.8 Å². The third kappa shape index (κ3) is 7.08. The molecule has 0 aliphatic heterocycles. The predicted molar refractivity (Wildman–Crippen MR) is 85.2 cm³/mol. The highest BCUT2D eigenvalue weighted by Gasteiger charge is 2.18. The second kappa shape index (κ2) is 9.60. The van der Waals surface area contributed by atoms with E-state index in [1.165, 1.54) is 13.2 Å². The number of benzene rings is 1. The highest BCUT2D eigenvalue weighted by atomic mass is 79.9. The molecule has 0 fully saturated rings. The average molecular weight is 409 g/mol. The summed E-state index contributed by atoms with van der Waals surface area (Å²) in [6.45, 7) is -0.429. The molecule has 0 spiro atoms. The van der Waals surface area contributed by atoms with Crippen molar-refractivity contribution < 1.29 is 27.5 Å². The Bertz CT molecular complexity index is 650. The van der Waals surface area contributed by atoms with Gasteiger partial charge in [0.05, 0.1) is 11.5 Å². The van der Waals surface area contributed by atoms with Gasteiger partial charge < -0.3 is 14.8 Å². The van der Waals surface area contributed by atoms with Gasteiger partial charge >= 0.3 is 5.97 Å². The second-order valence-electron chi connectivity index (χ2n) is 4.26. The van der Waals surface area contributed by atoms with E-state index < -0.39 is 35.1 Å². The van der Waals surface area contributed by atoms with Crippen LogP contribution in [0.2, 0.25) is 0 Å². The van der Waals surface area contributed by atoms with Crippen molar-refractivity contribution in [2.24, 2.45) is 0 Å². The van der Waals surface area contributed by atoms with Crippen LogP contribution < -0.4 is 10.0 Å². The van der Waals surface area contributed by atoms with Crippen molar-refractivity contribution in [1.29, 1.82) is 0 Å². The third-order valence-electron chi connectivity index (χ3n) is 2.53. The summed E-state index contributed by atoms with van der Waals surface area (Å²) in [6, 6.07) is 6.18. The molecular formula is C13H17BrN2O6S. The van der Waals surface area contributed by atoms with Crippen LogP contribution >= 0.6 is 15.9 Å². The molecule has 1 aromatic rings. The van der Waals surface area contributed by atoms with Gasteiger partial charge in [0.15, 0.2) is 6.61 Å². The first-order chi connectivity index (χ1) is 10.9. The fourth-order valence-corrected chi connectivity index (χ4v) is 3.40. The largest absolute Gasteiger partial charge is 0.455 e. The Hall–Kier alpha value is -1.49. The van der Waals surface area contributed by atoms with Crippen molar-refractivity contribution in [3.05, 3.63) is 28.7 Å². The number of carbonyl (C=O) groups excluding carboxylic acids is 2. The maximum absolute atomic E-state index is 12.0. The van der Waals surface area contributed by atoms with Gasteiger partial charge in [0.2, 0.25) is 10.0 Å². The molecule has 0 saturated heterocycles. The summed E-state index contributed by atoms with van der Waals surface area (Å²) in [5.74, 6) is -1.36. The zero-order chi connectivity index (χ0) is 17.3. The zero-order valence-corrected chi connectivity index (χ0v) is 14.8. The maximum Gasteiger partial charge on any atom is 0.321 e. The van der Waals surface area contributed by atoms with E-state index in [4.69, 9.17) is 4.74 Å². The fraction of sp³-hybridized carbons (Fsp3) is 0.385. The van der Waals surface area contributed by atoms with E-state index >= 15 is 0 Å². The number of rotatable bonds is 9. The second-order valence-corrected chi connectivity index (χ2v) is 6.85. The van der Waals surface area contributed by atoms with E-state index in [0.29, 0.717) is 17.6 Å². The molecule has 128 valence electrons. The number of carbonyl (C=O) groups is 2. The summed E-state index contributed by atoms with van der Waals surface area (Å²) in [4.78, 5) is 22.8. The number of halogens is 1. The van der Waals surface area contributed by atoms with Crippen molar-refractivity contribution in [3.63, 3.8) is 0 Å². The number of nitrogens with one attached hydrogen (secondary N) is 2. The highest BCUT2D eigenvalue weighted by molar-refractivity contribution is 9.10. The van der Waals surface area contributed by atoms with Crippen molar-refractivity contribution in [3.8, 4) is 0 Å². The molecule has 1 amide bonds. The van der Waals surface area contributed by atoms with Gasteiger partial charge in [-0.3, -0.25) is 9.59 Å². The van der Waals surface area contributed by atoms with Gasteiger partial charge in [-0.15, -0.1) is 0 Å². The lowest BCUT2D eigenvalue weighted by molar-refractivity contribution is -0.147. The molecule has 0 radical (unpaired) electrons. The van der Waals surface area contributed by atoms with Crippen molar-refractivity contribution in [1.82, 2.24) is 10.0 Å². The van der Waals surface area contributed by atoms with Gasteiger partial charge in [0.25, 0.3) is 5.91 Å². The maximum atomic E-state index is 12.0. The number of ether oxygens (including phenoxy) is 2. The first-order valence-electron chi connectivity index (χ1n) is 6.52. The molecule has 1 aromatic carbocycles. The molecule has 23 heavy (non-hydrogen) atoms. The Morgan fingerprint density at radius 2 is 1.96 bits per heavy atom. The predicted octanol–water partition coefficient (Wildman–Crippen LogP) is 0.0332. The Morgan fingerprint density at radius 3 is 2.61 bits per heavy atom. The molecule has 0 aliphatic rings. The smallest absolute Gasteiger partial charge is 0.321 e. The number of hydrogen-bond acceptors (Lipinski definition) is 6. The number of sulfonamides is 1. The summed E-state index contributed by atoms with van der Waals surface area (Å²) in [5, 5.41) is 2.46. The lowest BCUT2D eigenvalue weighted by Gasteiger charge is -2.09. The van der Waals surface area contributed by atoms with Gasteiger partial charge in [0.1, 0.15) is 6.54 Å².